The van der Waals surface area contributed by atoms with E-state index in [9.17, 15) is 130 Å². The molecule has 12 rings (SSSR count). The molecule has 0 aromatic heterocycles. The zero-order valence-corrected chi connectivity index (χ0v) is 84.3. The second-order valence-corrected chi connectivity index (χ2v) is 44.8. The van der Waals surface area contributed by atoms with Gasteiger partial charge in [0.1, 0.15) is 0 Å². The fourth-order valence-corrected chi connectivity index (χ4v) is 21.1. The van der Waals surface area contributed by atoms with Gasteiger partial charge in [-0.25, -0.2) is 0 Å². The maximum atomic E-state index is 13.4. The average Bonchev–Trinajstić information content (AvgIpc) is 0.742. The van der Waals surface area contributed by atoms with Gasteiger partial charge in [0, 0.05) is 78.0 Å². The quantitative estimate of drug-likeness (QED) is 0.0304. The van der Waals surface area contributed by atoms with Crippen molar-refractivity contribution >= 4 is 374 Å². The van der Waals surface area contributed by atoms with Gasteiger partial charge >= 0.3 is 93.8 Å². The highest BCUT2D eigenvalue weighted by atomic mass is 127. The first-order chi connectivity index (χ1) is 54.4. The number of hydrogen-bond donors (Lipinski definition) is 0. The Hall–Kier alpha value is -2.53. The second-order valence-electron chi connectivity index (χ2n) is 23.1. The Labute approximate surface area is 808 Å². The van der Waals surface area contributed by atoms with E-state index in [0.717, 1.165) is 36.4 Å². The molecule has 12 aromatic rings. The zero-order valence-electron chi connectivity index (χ0n) is 55.7. The minimum absolute atomic E-state index is 0.0624. The first-order valence-electron chi connectivity index (χ1n) is 30.2. The molecular weight excluding hydrogens is 3010 g/mol. The van der Waals surface area contributed by atoms with E-state index < -0.39 is 162 Å². The van der Waals surface area contributed by atoms with Crippen molar-refractivity contribution in [3.05, 3.63) is 191 Å². The summed E-state index contributed by atoms with van der Waals surface area (Å²) in [6.07, 6.45) is 0. The molecule has 119 heavy (non-hydrogen) atoms. The van der Waals surface area contributed by atoms with Crippen molar-refractivity contribution in [3.63, 3.8) is 0 Å². The number of rotatable bonds is 15. The topological polar surface area (TPSA) is 260 Å². The molecule has 0 heterocycles. The number of fused-ring (bicyclic) bond motifs is 6. The molecular formula is C66H25F18I11O18S6. The van der Waals surface area contributed by atoms with Crippen LogP contribution in [0.1, 0.15) is 0 Å². The van der Waals surface area contributed by atoms with Gasteiger partial charge in [-0.2, -0.15) is 130 Å². The first-order valence-corrected chi connectivity index (χ1v) is 50.5. The number of halogens is 29. The second kappa shape index (κ2) is 35.8. The van der Waals surface area contributed by atoms with E-state index in [-0.39, 0.29) is 32.3 Å². The number of hydrogen-bond acceptors (Lipinski definition) is 18. The summed E-state index contributed by atoms with van der Waals surface area (Å²) in [5.74, 6) is -5.43. The van der Waals surface area contributed by atoms with E-state index in [1.54, 1.807) is 36.4 Å². The summed E-state index contributed by atoms with van der Waals surface area (Å²) in [6, 6.07) is 32.6. The van der Waals surface area contributed by atoms with Crippen LogP contribution in [0.15, 0.2) is 152 Å². The van der Waals surface area contributed by atoms with Crippen LogP contribution in [0.25, 0.3) is 98.0 Å². The van der Waals surface area contributed by atoms with Crippen LogP contribution in [0.5, 0.6) is 34.5 Å². The summed E-state index contributed by atoms with van der Waals surface area (Å²) < 4.78 is 418. The summed E-state index contributed by atoms with van der Waals surface area (Å²) >= 11 is 21.3. The summed E-state index contributed by atoms with van der Waals surface area (Å²) in [5.41, 5.74) is -37.6. The van der Waals surface area contributed by atoms with E-state index in [1.807, 2.05) is 248 Å². The molecule has 0 atom stereocenters. The fourth-order valence-electron chi connectivity index (χ4n) is 10.9. The molecule has 12 aromatic carbocycles. The van der Waals surface area contributed by atoms with Crippen molar-refractivity contribution in [2.75, 3.05) is 0 Å². The molecule has 0 fully saturated rings. The van der Waals surface area contributed by atoms with Crippen molar-refractivity contribution < 1.29 is 155 Å². The van der Waals surface area contributed by atoms with Gasteiger partial charge in [0.25, 0.3) is 0 Å². The monoisotopic (exact) mass is 3030 g/mol. The smallest absolute Gasteiger partial charge is 0.375 e. The molecule has 53 heteroatoms. The van der Waals surface area contributed by atoms with Crippen molar-refractivity contribution in [1.82, 2.24) is 0 Å². The molecule has 0 aliphatic carbocycles. The summed E-state index contributed by atoms with van der Waals surface area (Å²) in [4.78, 5) is 0. The SMILES string of the molecule is O=S(=O)(Oc1ccc2c(I)c(I)ccc2c1-c1c(OS(=O)(=O)C(F)(F)F)ccc2c(I)c(I)cc(I)c12)C(F)(F)F.O=S(=O)(Oc1ccc2c(I)c(I)ccc2c1-c1c(OS(=O)(=O)C(F)(F)F)ccc2c(I)c(I)ccc12)C(F)(F)F.O=S(=O)(Oc1ccc2c(I)cccc2c1-c1c(OS(=O)(=O)C(F)(F)F)ccc2c(I)cccc12)C(F)(F)F. The Kier molecular flexibility index (Phi) is 29.7. The lowest BCUT2D eigenvalue weighted by Crippen LogP contribution is -2.28. The Bertz CT molecular complexity index is 6720. The molecule has 636 valence electrons. The molecule has 0 aliphatic rings. The Balaban J connectivity index is 0.000000188. The van der Waals surface area contributed by atoms with E-state index in [2.05, 4.69) is 25.1 Å². The van der Waals surface area contributed by atoms with Gasteiger partial charge in [0.2, 0.25) is 0 Å². The van der Waals surface area contributed by atoms with Gasteiger partial charge < -0.3 is 25.1 Å². The molecule has 0 saturated heterocycles. The predicted molar refractivity (Wildman–Crippen MR) is 494 cm³/mol. The van der Waals surface area contributed by atoms with Gasteiger partial charge in [-0.15, -0.1) is 0 Å². The van der Waals surface area contributed by atoms with Crippen LogP contribution in [0.3, 0.4) is 0 Å². The van der Waals surface area contributed by atoms with E-state index in [1.165, 1.54) is 78.9 Å². The van der Waals surface area contributed by atoms with Crippen molar-refractivity contribution in [1.29, 1.82) is 0 Å². The van der Waals surface area contributed by atoms with Crippen molar-refractivity contribution in [2.24, 2.45) is 0 Å². The molecule has 0 spiro atoms. The summed E-state index contributed by atoms with van der Waals surface area (Å²) in [7, 11) is -37.5. The van der Waals surface area contributed by atoms with Crippen LogP contribution in [0, 0.1) is 39.3 Å². The molecule has 0 radical (unpaired) electrons. The highest BCUT2D eigenvalue weighted by Crippen LogP contribution is 2.55. The maximum Gasteiger partial charge on any atom is 0.534 e. The van der Waals surface area contributed by atoms with Crippen LogP contribution < -0.4 is 25.1 Å². The van der Waals surface area contributed by atoms with Gasteiger partial charge in [0.15, 0.2) is 34.5 Å². The van der Waals surface area contributed by atoms with Crippen LogP contribution in [-0.2, 0) is 60.7 Å². The molecule has 18 nitrogen and oxygen atoms in total. The Morgan fingerprint density at radius 3 is 0.630 bits per heavy atom. The molecule has 0 aliphatic heterocycles. The maximum absolute atomic E-state index is 13.4. The third kappa shape index (κ3) is 20.3. The highest BCUT2D eigenvalue weighted by molar-refractivity contribution is 14.1. The van der Waals surface area contributed by atoms with E-state index in [4.69, 9.17) is 0 Å². The Morgan fingerprint density at radius 2 is 0.387 bits per heavy atom. The third-order valence-corrected chi connectivity index (χ3v) is 36.7. The largest absolute Gasteiger partial charge is 0.534 e. The van der Waals surface area contributed by atoms with E-state index in [0.29, 0.717) is 71.6 Å². The van der Waals surface area contributed by atoms with Gasteiger partial charge in [-0.05, 0) is 417 Å². The number of benzene rings is 12. The fraction of sp³-hybridized carbons (Fsp3) is 0.0909. The summed E-state index contributed by atoms with van der Waals surface area (Å²) in [6.45, 7) is 0. The average molecular weight is 3040 g/mol. The lowest BCUT2D eigenvalue weighted by atomic mass is 9.92. The molecule has 0 bridgehead atoms. The van der Waals surface area contributed by atoms with Crippen LogP contribution in [0.2, 0.25) is 0 Å². The van der Waals surface area contributed by atoms with Crippen LogP contribution in [0.4, 0.5) is 79.0 Å². The summed E-state index contributed by atoms with van der Waals surface area (Å²) in [5, 5.41) is 2.67. The van der Waals surface area contributed by atoms with Crippen molar-refractivity contribution in [3.8, 4) is 67.9 Å². The highest BCUT2D eigenvalue weighted by Gasteiger charge is 2.54. The Morgan fingerprint density at radius 1 is 0.193 bits per heavy atom. The minimum Gasteiger partial charge on any atom is -0.375 e. The first kappa shape index (κ1) is 98.6. The predicted octanol–water partition coefficient (Wildman–Crippen LogP) is 25.0. The lowest BCUT2D eigenvalue weighted by molar-refractivity contribution is -0.0505. The van der Waals surface area contributed by atoms with Crippen LogP contribution in [-0.4, -0.2) is 83.6 Å². The van der Waals surface area contributed by atoms with E-state index >= 15 is 0 Å². The number of alkyl halides is 18. The molecule has 0 saturated carbocycles. The normalized spacial score (nSPS) is 13.2. The van der Waals surface area contributed by atoms with Gasteiger partial charge in [-0.3, -0.25) is 0 Å². The van der Waals surface area contributed by atoms with Crippen molar-refractivity contribution in [2.45, 2.75) is 33.0 Å². The standard InChI is InChI=1S/C22H7F6I5O6S2.C22H8F6I4O6S2.C22H10F6I2O6S2/c23-21(24,25)40(34,35)38-14-5-2-9-8(1-4-11(29)19(9)32)17(14)18-15(39-41(36,37)22(26,27)28)6-3-10-16(18)12(30)7-13(31)20(10)33;23-21(24,25)39(33,34)37-15-7-3-11-9(1-5-13(29)19(11)31)17(15)18-10-2-6-14(30)20(32)12(10)4-8-16(18)38-40(35,36)22(26,27)28;23-21(24,25)37(31,32)35-17-9-7-11-13(3-1-5-15(11)29)19(17)20-14-4-2-6-16(30)12(14)8-10-18(20)36-38(33,34)22(26,27)28/h1-7H;1-8H;1-10H. The molecule has 0 N–H and O–H groups in total. The van der Waals surface area contributed by atoms with Gasteiger partial charge in [-0.1, -0.05) is 42.5 Å². The van der Waals surface area contributed by atoms with Crippen LogP contribution >= 0.6 is 248 Å². The molecule has 0 amide bonds. The zero-order chi connectivity index (χ0) is 89.1. The third-order valence-electron chi connectivity index (χ3n) is 15.8. The van der Waals surface area contributed by atoms with Gasteiger partial charge in [0.05, 0.1) is 0 Å². The minimum atomic E-state index is -6.27. The lowest BCUT2D eigenvalue weighted by Gasteiger charge is -2.21. The molecule has 0 unspecified atom stereocenters.